The van der Waals surface area contributed by atoms with Gasteiger partial charge in [-0.3, -0.25) is 14.4 Å². The molecule has 1 unspecified atom stereocenters. The second-order valence-electron chi connectivity index (χ2n) is 6.19. The molecule has 6 heteroatoms. The van der Waals surface area contributed by atoms with Crippen molar-refractivity contribution >= 4 is 23.4 Å². The van der Waals surface area contributed by atoms with Crippen molar-refractivity contribution in [3.63, 3.8) is 0 Å². The van der Waals surface area contributed by atoms with Crippen LogP contribution in [0.3, 0.4) is 0 Å². The van der Waals surface area contributed by atoms with Crippen molar-refractivity contribution in [1.29, 1.82) is 0 Å². The molecule has 1 aliphatic heterocycles. The number of nitrogens with zero attached hydrogens (tertiary/aromatic N) is 2. The van der Waals surface area contributed by atoms with Crippen molar-refractivity contribution in [2.75, 3.05) is 31.1 Å². The zero-order valence-electron chi connectivity index (χ0n) is 15.2. The Morgan fingerprint density at radius 2 is 1.96 bits per heavy atom. The first-order valence-electron chi connectivity index (χ1n) is 8.95. The molecule has 0 bridgehead atoms. The van der Waals surface area contributed by atoms with Gasteiger partial charge in [-0.05, 0) is 31.9 Å². The largest absolute Gasteiger partial charge is 0.355 e. The van der Waals surface area contributed by atoms with E-state index in [1.54, 1.807) is 4.90 Å². The highest BCUT2D eigenvalue weighted by atomic mass is 16.2. The summed E-state index contributed by atoms with van der Waals surface area (Å²) in [6.07, 6.45) is 1.03. The Kier molecular flexibility index (Phi) is 6.56. The van der Waals surface area contributed by atoms with E-state index in [4.69, 9.17) is 0 Å². The van der Waals surface area contributed by atoms with Crippen LogP contribution >= 0.6 is 0 Å². The van der Waals surface area contributed by atoms with E-state index in [1.165, 1.54) is 4.90 Å². The van der Waals surface area contributed by atoms with Crippen LogP contribution in [0.15, 0.2) is 24.3 Å². The summed E-state index contributed by atoms with van der Waals surface area (Å²) in [5.41, 5.74) is 1.98. The standard InChI is InChI=1S/C19H27N3O3/c1-4-14-9-7-8-10-16(14)22-12-15(11-18(22)24)19(25)21(6-3)13-17(23)20-5-2/h7-10,15H,4-6,11-13H2,1-3H3,(H,20,23). The van der Waals surface area contributed by atoms with Crippen LogP contribution in [0, 0.1) is 5.92 Å². The second-order valence-corrected chi connectivity index (χ2v) is 6.19. The molecule has 1 aromatic rings. The predicted molar refractivity (Wildman–Crippen MR) is 97.2 cm³/mol. The van der Waals surface area contributed by atoms with Gasteiger partial charge in [-0.25, -0.2) is 0 Å². The normalized spacial score (nSPS) is 16.8. The highest BCUT2D eigenvalue weighted by molar-refractivity contribution is 6.01. The van der Waals surface area contributed by atoms with Crippen LogP contribution < -0.4 is 10.2 Å². The van der Waals surface area contributed by atoms with Crippen molar-refractivity contribution in [3.8, 4) is 0 Å². The average molecular weight is 345 g/mol. The summed E-state index contributed by atoms with van der Waals surface area (Å²) in [4.78, 5) is 40.2. The summed E-state index contributed by atoms with van der Waals surface area (Å²) in [7, 11) is 0. The van der Waals surface area contributed by atoms with E-state index in [2.05, 4.69) is 5.32 Å². The number of para-hydroxylation sites is 1. The molecule has 0 radical (unpaired) electrons. The fourth-order valence-electron chi connectivity index (χ4n) is 3.21. The Balaban J connectivity index is 2.10. The summed E-state index contributed by atoms with van der Waals surface area (Å²) in [5.74, 6) is -0.728. The monoisotopic (exact) mass is 345 g/mol. The Hall–Kier alpha value is -2.37. The summed E-state index contributed by atoms with van der Waals surface area (Å²) in [6.45, 7) is 7.14. The first-order chi connectivity index (χ1) is 12.0. The van der Waals surface area contributed by atoms with Crippen molar-refractivity contribution in [2.45, 2.75) is 33.6 Å². The third-order valence-electron chi connectivity index (χ3n) is 4.54. The van der Waals surface area contributed by atoms with Crippen LogP contribution in [0.4, 0.5) is 5.69 Å². The van der Waals surface area contributed by atoms with E-state index in [0.717, 1.165) is 17.7 Å². The molecule has 1 fully saturated rings. The molecule has 25 heavy (non-hydrogen) atoms. The van der Waals surface area contributed by atoms with Gasteiger partial charge >= 0.3 is 0 Å². The molecule has 1 saturated heterocycles. The number of rotatable bonds is 7. The molecule has 0 aromatic heterocycles. The second kappa shape index (κ2) is 8.65. The van der Waals surface area contributed by atoms with Crippen LogP contribution in [-0.2, 0) is 20.8 Å². The predicted octanol–water partition coefficient (Wildman–Crippen LogP) is 1.59. The lowest BCUT2D eigenvalue weighted by atomic mass is 10.1. The zero-order chi connectivity index (χ0) is 18.4. The summed E-state index contributed by atoms with van der Waals surface area (Å²) >= 11 is 0. The third-order valence-corrected chi connectivity index (χ3v) is 4.54. The number of likely N-dealkylation sites (N-methyl/N-ethyl adjacent to an activating group) is 2. The number of aryl methyl sites for hydroxylation is 1. The van der Waals surface area contributed by atoms with Crippen LogP contribution in [0.5, 0.6) is 0 Å². The maximum Gasteiger partial charge on any atom is 0.239 e. The fraction of sp³-hybridized carbons (Fsp3) is 0.526. The lowest BCUT2D eigenvalue weighted by molar-refractivity contribution is -0.139. The average Bonchev–Trinajstić information content (AvgIpc) is 3.00. The van der Waals surface area contributed by atoms with Gasteiger partial charge in [0.25, 0.3) is 0 Å². The first kappa shape index (κ1) is 19.0. The van der Waals surface area contributed by atoms with Gasteiger partial charge in [-0.2, -0.15) is 0 Å². The van der Waals surface area contributed by atoms with Crippen LogP contribution in [0.25, 0.3) is 0 Å². The van der Waals surface area contributed by atoms with Gasteiger partial charge < -0.3 is 15.1 Å². The van der Waals surface area contributed by atoms with Crippen molar-refractivity contribution in [2.24, 2.45) is 5.92 Å². The van der Waals surface area contributed by atoms with Gasteiger partial charge in [0.1, 0.15) is 0 Å². The molecule has 1 atom stereocenters. The minimum Gasteiger partial charge on any atom is -0.355 e. The number of anilines is 1. The maximum absolute atomic E-state index is 12.8. The molecule has 2 rings (SSSR count). The first-order valence-corrected chi connectivity index (χ1v) is 8.95. The molecule has 136 valence electrons. The van der Waals surface area contributed by atoms with Gasteiger partial charge in [0.2, 0.25) is 17.7 Å². The molecule has 1 N–H and O–H groups in total. The molecule has 1 aromatic carbocycles. The summed E-state index contributed by atoms with van der Waals surface area (Å²) in [6, 6.07) is 7.79. The number of hydrogen-bond acceptors (Lipinski definition) is 3. The Bertz CT molecular complexity index is 645. The minimum atomic E-state index is -0.396. The molecular formula is C19H27N3O3. The topological polar surface area (TPSA) is 69.7 Å². The van der Waals surface area contributed by atoms with Gasteiger partial charge in [0, 0.05) is 31.7 Å². The Morgan fingerprint density at radius 1 is 1.24 bits per heavy atom. The van der Waals surface area contributed by atoms with Crippen LogP contribution in [0.2, 0.25) is 0 Å². The number of hydrogen-bond donors (Lipinski definition) is 1. The number of carbonyl (C=O) groups is 3. The van der Waals surface area contributed by atoms with E-state index in [9.17, 15) is 14.4 Å². The zero-order valence-corrected chi connectivity index (χ0v) is 15.2. The molecule has 0 aliphatic carbocycles. The van der Waals surface area contributed by atoms with Crippen molar-refractivity contribution in [1.82, 2.24) is 10.2 Å². The molecule has 0 spiro atoms. The van der Waals surface area contributed by atoms with Crippen molar-refractivity contribution < 1.29 is 14.4 Å². The van der Waals surface area contributed by atoms with Gasteiger partial charge in [-0.1, -0.05) is 25.1 Å². The highest BCUT2D eigenvalue weighted by Gasteiger charge is 2.37. The van der Waals surface area contributed by atoms with Crippen LogP contribution in [-0.4, -0.2) is 48.8 Å². The van der Waals surface area contributed by atoms with Gasteiger partial charge in [0.05, 0.1) is 12.5 Å². The van der Waals surface area contributed by atoms with Gasteiger partial charge in [0.15, 0.2) is 0 Å². The van der Waals surface area contributed by atoms with E-state index in [0.29, 0.717) is 19.6 Å². The molecule has 1 aliphatic rings. The fourth-order valence-corrected chi connectivity index (χ4v) is 3.21. The third kappa shape index (κ3) is 4.38. The van der Waals surface area contributed by atoms with E-state index >= 15 is 0 Å². The maximum atomic E-state index is 12.8. The number of carbonyl (C=O) groups excluding carboxylic acids is 3. The Labute approximate surface area is 149 Å². The minimum absolute atomic E-state index is 0.0340. The molecule has 6 nitrogen and oxygen atoms in total. The van der Waals surface area contributed by atoms with E-state index in [-0.39, 0.29) is 30.7 Å². The Morgan fingerprint density at radius 3 is 2.60 bits per heavy atom. The molecule has 3 amide bonds. The smallest absolute Gasteiger partial charge is 0.239 e. The SMILES string of the molecule is CCNC(=O)CN(CC)C(=O)C1CC(=O)N(c2ccccc2CC)C1. The van der Waals surface area contributed by atoms with Gasteiger partial charge in [-0.15, -0.1) is 0 Å². The lowest BCUT2D eigenvalue weighted by Gasteiger charge is -2.24. The van der Waals surface area contributed by atoms with Crippen molar-refractivity contribution in [3.05, 3.63) is 29.8 Å². The molecule has 1 heterocycles. The quantitative estimate of drug-likeness (QED) is 0.816. The van der Waals surface area contributed by atoms with E-state index in [1.807, 2.05) is 45.0 Å². The summed E-state index contributed by atoms with van der Waals surface area (Å²) < 4.78 is 0. The lowest BCUT2D eigenvalue weighted by Crippen LogP contribution is -2.43. The number of amides is 3. The number of nitrogens with one attached hydrogen (secondary N) is 1. The van der Waals surface area contributed by atoms with Crippen LogP contribution in [0.1, 0.15) is 32.8 Å². The molecular weight excluding hydrogens is 318 g/mol. The molecule has 0 saturated carbocycles. The highest BCUT2D eigenvalue weighted by Crippen LogP contribution is 2.29. The number of benzene rings is 1. The van der Waals surface area contributed by atoms with E-state index < -0.39 is 5.92 Å². The summed E-state index contributed by atoms with van der Waals surface area (Å²) in [5, 5.41) is 2.70.